The van der Waals surface area contributed by atoms with Crippen molar-refractivity contribution >= 4 is 11.7 Å². The van der Waals surface area contributed by atoms with E-state index in [4.69, 9.17) is 0 Å². The summed E-state index contributed by atoms with van der Waals surface area (Å²) >= 11 is 0. The lowest BCUT2D eigenvalue weighted by Gasteiger charge is -2.31. The number of hydrogen-bond acceptors (Lipinski definition) is 4. The van der Waals surface area contributed by atoms with Crippen LogP contribution in [-0.4, -0.2) is 24.3 Å². The molecule has 1 amide bonds. The quantitative estimate of drug-likeness (QED) is 0.707. The minimum Gasteiger partial charge on any atom is -0.356 e. The summed E-state index contributed by atoms with van der Waals surface area (Å²) in [7, 11) is 0. The van der Waals surface area contributed by atoms with Gasteiger partial charge in [0, 0.05) is 17.9 Å². The molecule has 0 aliphatic carbocycles. The largest absolute Gasteiger partial charge is 0.356 e. The number of nitrogens with zero attached hydrogens (tertiary/aromatic N) is 1. The van der Waals surface area contributed by atoms with Gasteiger partial charge in [0.05, 0.1) is 6.42 Å². The van der Waals surface area contributed by atoms with Crippen LogP contribution in [0.1, 0.15) is 79.6 Å². The summed E-state index contributed by atoms with van der Waals surface area (Å²) < 4.78 is 0. The third kappa shape index (κ3) is 6.87. The van der Waals surface area contributed by atoms with Crippen molar-refractivity contribution in [2.75, 3.05) is 6.54 Å². The molecule has 0 aromatic heterocycles. The maximum atomic E-state index is 12.9. The van der Waals surface area contributed by atoms with Crippen LogP contribution in [0.2, 0.25) is 0 Å². The number of ketones is 1. The van der Waals surface area contributed by atoms with Gasteiger partial charge in [-0.2, -0.15) is 4.91 Å². The molecule has 5 nitrogen and oxygen atoms in total. The Balaban J connectivity index is 2.89. The zero-order chi connectivity index (χ0) is 19.0. The normalized spacial score (nSPS) is 33.5. The van der Waals surface area contributed by atoms with Gasteiger partial charge in [0.2, 0.25) is 5.91 Å². The SMILES string of the molecule is C[C@@H]1CCCNC(=O)CC(N=O)C(C)(C)C(=O)[C@H](C)C[C@@H](C)CCC1. The fraction of sp³-hybridized carbons (Fsp3) is 0.900. The lowest BCUT2D eigenvalue weighted by molar-refractivity contribution is -0.133. The van der Waals surface area contributed by atoms with E-state index in [9.17, 15) is 14.5 Å². The maximum Gasteiger partial charge on any atom is 0.222 e. The molecule has 0 radical (unpaired) electrons. The standard InChI is InChI=1S/C20H36N2O3/c1-14-8-6-9-15(2)12-16(3)19(24)20(4,5)17(22-25)13-18(23)21-11-7-10-14/h14-17H,6-13H2,1-5H3,(H,21,23)/t14-,15-,16+,17?/m0/s1. The van der Waals surface area contributed by atoms with Gasteiger partial charge in [-0.05, 0) is 31.1 Å². The molecule has 1 aliphatic heterocycles. The first-order valence-electron chi connectivity index (χ1n) is 9.82. The Morgan fingerprint density at radius 1 is 1.00 bits per heavy atom. The number of carbonyl (C=O) groups excluding carboxylic acids is 2. The minimum absolute atomic E-state index is 0.0138. The number of rotatable bonds is 1. The van der Waals surface area contributed by atoms with Crippen LogP contribution < -0.4 is 5.32 Å². The number of hydrogen-bond donors (Lipinski definition) is 1. The van der Waals surface area contributed by atoms with Crippen molar-refractivity contribution in [2.24, 2.45) is 28.3 Å². The second kappa shape index (κ2) is 10.0. The summed E-state index contributed by atoms with van der Waals surface area (Å²) in [6, 6.07) is -0.815. The van der Waals surface area contributed by atoms with Gasteiger partial charge < -0.3 is 5.32 Å². The predicted molar refractivity (Wildman–Crippen MR) is 101 cm³/mol. The molecule has 0 spiro atoms. The Morgan fingerprint density at radius 2 is 1.60 bits per heavy atom. The van der Waals surface area contributed by atoms with Crippen LogP contribution in [0.4, 0.5) is 0 Å². The lowest BCUT2D eigenvalue weighted by Crippen LogP contribution is -2.42. The number of amides is 1. The molecular formula is C20H36N2O3. The fourth-order valence-electron chi connectivity index (χ4n) is 3.94. The van der Waals surface area contributed by atoms with Crippen molar-refractivity contribution in [2.45, 2.75) is 85.6 Å². The number of Topliss-reactive ketones (excluding diaryl/α,β-unsaturated/α-hetero) is 1. The zero-order valence-electron chi connectivity index (χ0n) is 16.6. The van der Waals surface area contributed by atoms with E-state index < -0.39 is 11.5 Å². The van der Waals surface area contributed by atoms with E-state index in [2.05, 4.69) is 24.3 Å². The third-order valence-corrected chi connectivity index (χ3v) is 5.77. The molecule has 1 heterocycles. The Bertz CT molecular complexity index is 462. The fourth-order valence-corrected chi connectivity index (χ4v) is 3.94. The molecule has 0 aromatic carbocycles. The highest BCUT2D eigenvalue weighted by Crippen LogP contribution is 2.33. The summed E-state index contributed by atoms with van der Waals surface area (Å²) in [5, 5.41) is 6.01. The van der Waals surface area contributed by atoms with Crippen molar-refractivity contribution in [3.8, 4) is 0 Å². The molecular weight excluding hydrogens is 316 g/mol. The van der Waals surface area contributed by atoms with E-state index in [0.717, 1.165) is 25.7 Å². The minimum atomic E-state index is -0.913. The van der Waals surface area contributed by atoms with Gasteiger partial charge in [-0.25, -0.2) is 0 Å². The van der Waals surface area contributed by atoms with Gasteiger partial charge >= 0.3 is 0 Å². The van der Waals surface area contributed by atoms with Gasteiger partial charge in [0.25, 0.3) is 0 Å². The average molecular weight is 353 g/mol. The molecule has 25 heavy (non-hydrogen) atoms. The first kappa shape index (κ1) is 21.8. The van der Waals surface area contributed by atoms with Crippen LogP contribution in [0.5, 0.6) is 0 Å². The maximum absolute atomic E-state index is 12.9. The monoisotopic (exact) mass is 352 g/mol. The summed E-state index contributed by atoms with van der Waals surface area (Å²) in [4.78, 5) is 36.4. The van der Waals surface area contributed by atoms with Crippen molar-refractivity contribution < 1.29 is 9.59 Å². The third-order valence-electron chi connectivity index (χ3n) is 5.77. The molecule has 1 saturated heterocycles. The number of nitrogens with one attached hydrogen (secondary N) is 1. The van der Waals surface area contributed by atoms with Crippen LogP contribution in [-0.2, 0) is 9.59 Å². The molecule has 5 heteroatoms. The highest BCUT2D eigenvalue weighted by Gasteiger charge is 2.41. The van der Waals surface area contributed by atoms with Crippen molar-refractivity contribution in [1.82, 2.24) is 5.32 Å². The van der Waals surface area contributed by atoms with Gasteiger partial charge in [-0.1, -0.05) is 59.1 Å². The number of carbonyl (C=O) groups is 2. The summed E-state index contributed by atoms with van der Waals surface area (Å²) in [6.07, 6.45) is 6.37. The molecule has 1 fully saturated rings. The Labute approximate surface area is 152 Å². The molecule has 0 saturated carbocycles. The van der Waals surface area contributed by atoms with Crippen molar-refractivity contribution in [3.63, 3.8) is 0 Å². The highest BCUT2D eigenvalue weighted by atomic mass is 16.3. The van der Waals surface area contributed by atoms with Crippen LogP contribution in [0.15, 0.2) is 5.18 Å². The summed E-state index contributed by atoms with van der Waals surface area (Å²) in [5.74, 6) is 0.867. The van der Waals surface area contributed by atoms with Crippen LogP contribution in [0.25, 0.3) is 0 Å². The first-order valence-corrected chi connectivity index (χ1v) is 9.82. The van der Waals surface area contributed by atoms with E-state index >= 15 is 0 Å². The predicted octanol–water partition coefficient (Wildman–Crippen LogP) is 4.49. The molecule has 1 rings (SSSR count). The Morgan fingerprint density at radius 3 is 2.24 bits per heavy atom. The van der Waals surface area contributed by atoms with E-state index in [0.29, 0.717) is 18.4 Å². The highest BCUT2D eigenvalue weighted by molar-refractivity contribution is 5.88. The Kier molecular flexibility index (Phi) is 8.74. The summed E-state index contributed by atoms with van der Waals surface area (Å²) in [6.45, 7) is 10.5. The van der Waals surface area contributed by atoms with E-state index in [-0.39, 0.29) is 24.0 Å². The van der Waals surface area contributed by atoms with Gasteiger partial charge in [0.1, 0.15) is 11.8 Å². The van der Waals surface area contributed by atoms with Crippen molar-refractivity contribution in [1.29, 1.82) is 0 Å². The molecule has 1 N–H and O–H groups in total. The van der Waals surface area contributed by atoms with Crippen LogP contribution in [0.3, 0.4) is 0 Å². The second-order valence-corrected chi connectivity index (χ2v) is 8.68. The molecule has 0 bridgehead atoms. The topological polar surface area (TPSA) is 75.6 Å². The van der Waals surface area contributed by atoms with E-state index in [1.165, 1.54) is 12.8 Å². The van der Waals surface area contributed by atoms with Gasteiger partial charge in [-0.3, -0.25) is 9.59 Å². The van der Waals surface area contributed by atoms with E-state index in [1.807, 2.05) is 6.92 Å². The first-order chi connectivity index (χ1) is 11.7. The number of nitroso groups, excluding NO2 is 1. The van der Waals surface area contributed by atoms with Crippen molar-refractivity contribution in [3.05, 3.63) is 4.91 Å². The lowest BCUT2D eigenvalue weighted by atomic mass is 9.73. The zero-order valence-corrected chi connectivity index (χ0v) is 16.6. The van der Waals surface area contributed by atoms with Crippen LogP contribution in [0, 0.1) is 28.1 Å². The summed E-state index contributed by atoms with van der Waals surface area (Å²) in [5.41, 5.74) is -0.913. The molecule has 144 valence electrons. The van der Waals surface area contributed by atoms with Gasteiger partial charge in [0.15, 0.2) is 0 Å². The molecule has 1 aliphatic rings. The molecule has 4 atom stereocenters. The van der Waals surface area contributed by atoms with Gasteiger partial charge in [-0.15, -0.1) is 0 Å². The van der Waals surface area contributed by atoms with Crippen LogP contribution >= 0.6 is 0 Å². The molecule has 0 aromatic rings. The molecule has 1 unspecified atom stereocenters. The van der Waals surface area contributed by atoms with E-state index in [1.54, 1.807) is 13.8 Å². The second-order valence-electron chi connectivity index (χ2n) is 8.68. The average Bonchev–Trinajstić information content (AvgIpc) is 2.54. The Hall–Kier alpha value is -1.26. The smallest absolute Gasteiger partial charge is 0.222 e.